The minimum absolute atomic E-state index is 0.0359. The topological polar surface area (TPSA) is 43.4 Å². The monoisotopic (exact) mass is 408 g/mol. The van der Waals surface area contributed by atoms with Gasteiger partial charge in [0.25, 0.3) is 0 Å². The first kappa shape index (κ1) is 21.4. The van der Waals surface area contributed by atoms with E-state index in [1.165, 1.54) is 5.57 Å². The molecule has 1 atom stereocenters. The van der Waals surface area contributed by atoms with Crippen LogP contribution in [0.15, 0.2) is 54.6 Å². The van der Waals surface area contributed by atoms with Gasteiger partial charge >= 0.3 is 158 Å². The number of rotatable bonds is 11. The van der Waals surface area contributed by atoms with Gasteiger partial charge in [0.2, 0.25) is 0 Å². The molecule has 0 saturated carbocycles. The van der Waals surface area contributed by atoms with Gasteiger partial charge < -0.3 is 0 Å². The zero-order chi connectivity index (χ0) is 18.7. The molecule has 4 heteroatoms. The van der Waals surface area contributed by atoms with Crippen LogP contribution >= 0.6 is 0 Å². The fraction of sp³-hybridized carbons (Fsp3) is 0.429. The summed E-state index contributed by atoms with van der Waals surface area (Å²) in [4.78, 5) is 25.4. The summed E-state index contributed by atoms with van der Waals surface area (Å²) in [6.07, 6.45) is 6.93. The van der Waals surface area contributed by atoms with E-state index in [1.807, 2.05) is 43.3 Å². The van der Waals surface area contributed by atoms with Crippen LogP contribution < -0.4 is 4.46 Å². The molecular formula is C21H28O3Se. The van der Waals surface area contributed by atoms with Crippen LogP contribution in [0.4, 0.5) is 0 Å². The Bertz CT molecular complexity index is 607. The van der Waals surface area contributed by atoms with Crippen molar-refractivity contribution >= 4 is 31.2 Å². The van der Waals surface area contributed by atoms with Gasteiger partial charge in [-0.15, -0.1) is 0 Å². The number of carbonyl (C=O) groups excluding carboxylic acids is 2. The molecule has 3 nitrogen and oxygen atoms in total. The average Bonchev–Trinajstić information content (AvgIpc) is 2.60. The van der Waals surface area contributed by atoms with Gasteiger partial charge in [-0.3, -0.25) is 0 Å². The van der Waals surface area contributed by atoms with Gasteiger partial charge in [-0.25, -0.2) is 0 Å². The zero-order valence-corrected chi connectivity index (χ0v) is 17.1. The molecule has 0 aliphatic rings. The van der Waals surface area contributed by atoms with Gasteiger partial charge in [0, 0.05) is 0 Å². The van der Waals surface area contributed by atoms with Crippen molar-refractivity contribution in [1.29, 1.82) is 0 Å². The zero-order valence-electron chi connectivity index (χ0n) is 15.4. The van der Waals surface area contributed by atoms with Crippen molar-refractivity contribution in [3.05, 3.63) is 54.6 Å². The molecule has 0 aliphatic carbocycles. The van der Waals surface area contributed by atoms with E-state index in [4.69, 9.17) is 4.74 Å². The molecule has 0 aliphatic heterocycles. The predicted octanol–water partition coefficient (Wildman–Crippen LogP) is 4.02. The normalized spacial score (nSPS) is 13.8. The van der Waals surface area contributed by atoms with Crippen LogP contribution in [0.3, 0.4) is 0 Å². The van der Waals surface area contributed by atoms with Crippen molar-refractivity contribution in [2.75, 3.05) is 6.61 Å². The Kier molecular flexibility index (Phi) is 9.47. The number of esters is 1. The Labute approximate surface area is 157 Å². The summed E-state index contributed by atoms with van der Waals surface area (Å²) >= 11 is -0.307. The number of benzene rings is 1. The van der Waals surface area contributed by atoms with Gasteiger partial charge in [-0.2, -0.15) is 0 Å². The Morgan fingerprint density at radius 2 is 1.88 bits per heavy atom. The second-order valence-electron chi connectivity index (χ2n) is 6.01. The summed E-state index contributed by atoms with van der Waals surface area (Å²) in [7, 11) is 0. The van der Waals surface area contributed by atoms with Crippen LogP contribution in [0.1, 0.15) is 46.5 Å². The van der Waals surface area contributed by atoms with Crippen LogP contribution in [0.25, 0.3) is 0 Å². The molecule has 25 heavy (non-hydrogen) atoms. The maximum absolute atomic E-state index is 12.9. The average molecular weight is 407 g/mol. The Morgan fingerprint density at radius 1 is 1.20 bits per heavy atom. The van der Waals surface area contributed by atoms with Crippen molar-refractivity contribution in [2.24, 2.45) is 0 Å². The molecule has 1 rings (SSSR count). The van der Waals surface area contributed by atoms with E-state index in [9.17, 15) is 9.59 Å². The van der Waals surface area contributed by atoms with E-state index in [0.29, 0.717) is 12.8 Å². The Morgan fingerprint density at radius 3 is 2.48 bits per heavy atom. The van der Waals surface area contributed by atoms with Gasteiger partial charge in [0.05, 0.1) is 0 Å². The molecule has 1 aromatic carbocycles. The van der Waals surface area contributed by atoms with Crippen LogP contribution in [0.5, 0.6) is 0 Å². The Hall–Kier alpha value is -1.64. The number of carbonyl (C=O) groups is 2. The first-order chi connectivity index (χ1) is 11.9. The van der Waals surface area contributed by atoms with Crippen molar-refractivity contribution in [2.45, 2.75) is 50.8 Å². The molecule has 0 heterocycles. The van der Waals surface area contributed by atoms with Crippen molar-refractivity contribution < 1.29 is 14.3 Å². The summed E-state index contributed by atoms with van der Waals surface area (Å²) in [5.74, 6) is -0.441. The van der Waals surface area contributed by atoms with E-state index in [2.05, 4.69) is 12.7 Å². The molecule has 0 amide bonds. The molecule has 0 saturated heterocycles. The standard InChI is InChI=1S/C21H28O3Se/c1-5-7-9-12-17(3)15-16-19(22)21(4,20(23)24-6-2)25-18-13-10-8-11-14-18/h5,8,10-14H,1,6-7,9,15-16H2,2-4H3/b17-12+. The minimum atomic E-state index is -1.08. The van der Waals surface area contributed by atoms with E-state index in [0.717, 1.165) is 17.3 Å². The van der Waals surface area contributed by atoms with Crippen molar-refractivity contribution in [3.8, 4) is 0 Å². The second kappa shape index (κ2) is 11.1. The number of hydrogen-bond acceptors (Lipinski definition) is 3. The number of allylic oxidation sites excluding steroid dienone is 3. The van der Waals surface area contributed by atoms with Gasteiger partial charge in [0.15, 0.2) is 0 Å². The van der Waals surface area contributed by atoms with Gasteiger partial charge in [0.1, 0.15) is 0 Å². The third kappa shape index (κ3) is 7.01. The first-order valence-electron chi connectivity index (χ1n) is 8.65. The van der Waals surface area contributed by atoms with Crippen molar-refractivity contribution in [3.63, 3.8) is 0 Å². The van der Waals surface area contributed by atoms with E-state index in [-0.39, 0.29) is 27.3 Å². The van der Waals surface area contributed by atoms with Gasteiger partial charge in [-0.05, 0) is 0 Å². The number of Topliss-reactive ketones (excluding diaryl/α,β-unsaturated/α-hetero) is 1. The molecule has 0 aromatic heterocycles. The molecule has 1 aromatic rings. The van der Waals surface area contributed by atoms with E-state index >= 15 is 0 Å². The first-order valence-corrected chi connectivity index (χ1v) is 10.4. The number of hydrogen-bond donors (Lipinski definition) is 0. The molecule has 0 spiro atoms. The SMILES string of the molecule is C=CCC/C=C(\C)CCC(=O)C(C)([Se]c1ccccc1)C(=O)OCC. The maximum atomic E-state index is 12.9. The molecule has 0 radical (unpaired) electrons. The number of unbranched alkanes of at least 4 members (excludes halogenated alkanes) is 1. The molecular weight excluding hydrogens is 379 g/mol. The van der Waals surface area contributed by atoms with Crippen molar-refractivity contribution in [1.82, 2.24) is 0 Å². The van der Waals surface area contributed by atoms with Gasteiger partial charge in [-0.1, -0.05) is 0 Å². The summed E-state index contributed by atoms with van der Waals surface area (Å²) < 4.78 is 5.16. The summed E-state index contributed by atoms with van der Waals surface area (Å²) in [6, 6.07) is 9.72. The summed E-state index contributed by atoms with van der Waals surface area (Å²) in [6.45, 7) is 9.52. The second-order valence-corrected chi connectivity index (χ2v) is 9.14. The molecule has 0 bridgehead atoms. The Balaban J connectivity index is 2.84. The number of ketones is 1. The fourth-order valence-corrected chi connectivity index (χ4v) is 4.66. The van der Waals surface area contributed by atoms with E-state index in [1.54, 1.807) is 13.8 Å². The van der Waals surface area contributed by atoms with Crippen LogP contribution in [-0.4, -0.2) is 33.3 Å². The van der Waals surface area contributed by atoms with Crippen LogP contribution in [0.2, 0.25) is 4.31 Å². The number of ether oxygens (including phenoxy) is 1. The summed E-state index contributed by atoms with van der Waals surface area (Å²) in [5.41, 5.74) is 1.17. The quantitative estimate of drug-likeness (QED) is 0.183. The fourth-order valence-electron chi connectivity index (χ4n) is 2.30. The molecule has 0 fully saturated rings. The third-order valence-electron chi connectivity index (χ3n) is 3.87. The van der Waals surface area contributed by atoms with E-state index < -0.39 is 10.3 Å². The summed E-state index contributed by atoms with van der Waals surface area (Å²) in [5, 5.41) is 0. The third-order valence-corrected chi connectivity index (χ3v) is 6.62. The molecule has 136 valence electrons. The molecule has 0 N–H and O–H groups in total. The van der Waals surface area contributed by atoms with Crippen LogP contribution in [0, 0.1) is 0 Å². The molecule has 1 unspecified atom stereocenters. The predicted molar refractivity (Wildman–Crippen MR) is 104 cm³/mol. The van der Waals surface area contributed by atoms with Crippen LogP contribution in [-0.2, 0) is 14.3 Å².